The Bertz CT molecular complexity index is 431. The van der Waals surface area contributed by atoms with E-state index >= 15 is 0 Å². The van der Waals surface area contributed by atoms with E-state index in [1.165, 1.54) is 10.5 Å². The lowest BCUT2D eigenvalue weighted by atomic mass is 10.2. The molecule has 4 nitrogen and oxygen atoms in total. The van der Waals surface area contributed by atoms with Gasteiger partial charge < -0.3 is 9.64 Å². The molecule has 104 valence electrons. The van der Waals surface area contributed by atoms with Gasteiger partial charge in [-0.05, 0) is 13.0 Å². The summed E-state index contributed by atoms with van der Waals surface area (Å²) in [7, 11) is 0. The van der Waals surface area contributed by atoms with E-state index in [2.05, 4.69) is 34.1 Å². The van der Waals surface area contributed by atoms with Gasteiger partial charge in [0.2, 0.25) is 0 Å². The van der Waals surface area contributed by atoms with Crippen LogP contribution in [0.15, 0.2) is 28.7 Å². The molecule has 1 aliphatic heterocycles. The van der Waals surface area contributed by atoms with Crippen molar-refractivity contribution in [2.45, 2.75) is 13.5 Å². The van der Waals surface area contributed by atoms with Gasteiger partial charge in [-0.15, -0.1) is 0 Å². The number of nitrogens with zero attached hydrogens (tertiary/aromatic N) is 1. The first-order valence-corrected chi connectivity index (χ1v) is 7.48. The van der Waals surface area contributed by atoms with E-state index in [-0.39, 0.29) is 6.09 Å². The van der Waals surface area contributed by atoms with Crippen molar-refractivity contribution >= 4 is 22.0 Å². The van der Waals surface area contributed by atoms with Crippen LogP contribution in [0.25, 0.3) is 0 Å². The third kappa shape index (κ3) is 3.94. The van der Waals surface area contributed by atoms with Gasteiger partial charge >= 0.3 is 6.09 Å². The third-order valence-corrected chi connectivity index (χ3v) is 4.17. The van der Waals surface area contributed by atoms with E-state index in [4.69, 9.17) is 4.74 Å². The summed E-state index contributed by atoms with van der Waals surface area (Å²) >= 11 is 3.58. The molecule has 2 rings (SSSR count). The van der Waals surface area contributed by atoms with E-state index in [1.807, 2.05) is 13.0 Å². The summed E-state index contributed by atoms with van der Waals surface area (Å²) in [6.07, 6.45) is -0.178. The number of amides is 1. The molecule has 1 amide bonds. The highest BCUT2D eigenvalue weighted by Crippen LogP contribution is 2.14. The summed E-state index contributed by atoms with van der Waals surface area (Å²) in [5.41, 5.74) is 1.32. The first-order chi connectivity index (χ1) is 9.20. The third-order valence-electron chi connectivity index (χ3n) is 3.39. The van der Waals surface area contributed by atoms with Crippen LogP contribution in [0.2, 0.25) is 0 Å². The van der Waals surface area contributed by atoms with E-state index in [9.17, 15) is 4.79 Å². The molecule has 1 aromatic carbocycles. The SMILES string of the molecule is CCOC(=O)N1CC[NH+](Cc2ccccc2Br)CC1. The van der Waals surface area contributed by atoms with Crippen LogP contribution in [-0.2, 0) is 11.3 Å². The normalized spacial score (nSPS) is 16.4. The highest BCUT2D eigenvalue weighted by atomic mass is 79.9. The summed E-state index contributed by atoms with van der Waals surface area (Å²) in [5.74, 6) is 0. The fourth-order valence-corrected chi connectivity index (χ4v) is 2.73. The molecule has 1 saturated heterocycles. The minimum Gasteiger partial charge on any atom is -0.450 e. The number of hydrogen-bond acceptors (Lipinski definition) is 2. The molecule has 1 aromatic rings. The molecule has 1 aliphatic rings. The molecule has 0 aromatic heterocycles. The number of hydrogen-bond donors (Lipinski definition) is 1. The number of benzene rings is 1. The van der Waals surface area contributed by atoms with Crippen LogP contribution in [0, 0.1) is 0 Å². The van der Waals surface area contributed by atoms with E-state index in [0.29, 0.717) is 6.61 Å². The van der Waals surface area contributed by atoms with Crippen LogP contribution < -0.4 is 4.90 Å². The second kappa shape index (κ2) is 6.91. The predicted octanol–water partition coefficient (Wildman–Crippen LogP) is 1.31. The Morgan fingerprint density at radius 2 is 2.05 bits per heavy atom. The zero-order chi connectivity index (χ0) is 13.7. The van der Waals surface area contributed by atoms with E-state index < -0.39 is 0 Å². The van der Waals surface area contributed by atoms with Gasteiger partial charge in [-0.25, -0.2) is 4.79 Å². The van der Waals surface area contributed by atoms with Crippen molar-refractivity contribution in [1.82, 2.24) is 4.90 Å². The molecule has 5 heteroatoms. The van der Waals surface area contributed by atoms with Crippen molar-refractivity contribution in [1.29, 1.82) is 0 Å². The summed E-state index contributed by atoms with van der Waals surface area (Å²) in [6.45, 7) is 6.78. The number of ether oxygens (including phenoxy) is 1. The number of halogens is 1. The first-order valence-electron chi connectivity index (χ1n) is 6.69. The van der Waals surface area contributed by atoms with Gasteiger partial charge in [-0.1, -0.05) is 34.1 Å². The smallest absolute Gasteiger partial charge is 0.410 e. The molecule has 0 unspecified atom stereocenters. The Morgan fingerprint density at radius 1 is 1.37 bits per heavy atom. The molecule has 1 N–H and O–H groups in total. The number of rotatable bonds is 3. The van der Waals surface area contributed by atoms with Gasteiger partial charge in [-0.2, -0.15) is 0 Å². The maximum absolute atomic E-state index is 11.6. The van der Waals surface area contributed by atoms with Gasteiger partial charge in [0.05, 0.1) is 32.8 Å². The lowest BCUT2D eigenvalue weighted by molar-refractivity contribution is -0.917. The van der Waals surface area contributed by atoms with Gasteiger partial charge in [0.1, 0.15) is 6.54 Å². The van der Waals surface area contributed by atoms with Crippen molar-refractivity contribution < 1.29 is 14.4 Å². The molecule has 0 saturated carbocycles. The van der Waals surface area contributed by atoms with Crippen LogP contribution in [-0.4, -0.2) is 43.8 Å². The van der Waals surface area contributed by atoms with Crippen LogP contribution >= 0.6 is 15.9 Å². The van der Waals surface area contributed by atoms with Crippen molar-refractivity contribution in [3.63, 3.8) is 0 Å². The lowest BCUT2D eigenvalue weighted by Crippen LogP contribution is -3.13. The van der Waals surface area contributed by atoms with Crippen LogP contribution in [0.4, 0.5) is 4.79 Å². The Labute approximate surface area is 122 Å². The summed E-state index contributed by atoms with van der Waals surface area (Å²) in [4.78, 5) is 14.9. The number of carbonyl (C=O) groups is 1. The zero-order valence-electron chi connectivity index (χ0n) is 11.2. The number of nitrogens with one attached hydrogen (secondary N) is 1. The Balaban J connectivity index is 1.84. The second-order valence-electron chi connectivity index (χ2n) is 4.70. The summed E-state index contributed by atoms with van der Waals surface area (Å²) < 4.78 is 6.19. The summed E-state index contributed by atoms with van der Waals surface area (Å²) in [5, 5.41) is 0. The fourth-order valence-electron chi connectivity index (χ4n) is 2.31. The molecule has 0 aliphatic carbocycles. The topological polar surface area (TPSA) is 34.0 Å². The maximum Gasteiger partial charge on any atom is 0.410 e. The lowest BCUT2D eigenvalue weighted by Gasteiger charge is -2.31. The molecule has 1 fully saturated rings. The number of piperazine rings is 1. The van der Waals surface area contributed by atoms with Crippen LogP contribution in [0.1, 0.15) is 12.5 Å². The maximum atomic E-state index is 11.6. The van der Waals surface area contributed by atoms with E-state index in [1.54, 1.807) is 4.90 Å². The highest BCUT2D eigenvalue weighted by Gasteiger charge is 2.24. The highest BCUT2D eigenvalue weighted by molar-refractivity contribution is 9.10. The van der Waals surface area contributed by atoms with Gasteiger partial charge in [-0.3, -0.25) is 4.90 Å². The molecular formula is C14H20BrN2O2+. The molecule has 19 heavy (non-hydrogen) atoms. The summed E-state index contributed by atoms with van der Waals surface area (Å²) in [6, 6.07) is 8.31. The van der Waals surface area contributed by atoms with E-state index in [0.717, 1.165) is 37.2 Å². The largest absolute Gasteiger partial charge is 0.450 e. The quantitative estimate of drug-likeness (QED) is 0.908. The fraction of sp³-hybridized carbons (Fsp3) is 0.500. The Morgan fingerprint density at radius 3 is 2.68 bits per heavy atom. The molecular weight excluding hydrogens is 308 g/mol. The van der Waals surface area contributed by atoms with Crippen molar-refractivity contribution in [3.05, 3.63) is 34.3 Å². The molecule has 0 radical (unpaired) electrons. The predicted molar refractivity (Wildman–Crippen MR) is 77.1 cm³/mol. The minimum atomic E-state index is -0.178. The monoisotopic (exact) mass is 327 g/mol. The van der Waals surface area contributed by atoms with Crippen LogP contribution in [0.3, 0.4) is 0 Å². The van der Waals surface area contributed by atoms with Gasteiger partial charge in [0, 0.05) is 10.0 Å². The number of quaternary nitrogens is 1. The molecule has 1 heterocycles. The first kappa shape index (κ1) is 14.3. The second-order valence-corrected chi connectivity index (χ2v) is 5.56. The Kier molecular flexibility index (Phi) is 5.22. The zero-order valence-corrected chi connectivity index (χ0v) is 12.8. The molecule has 0 atom stereocenters. The minimum absolute atomic E-state index is 0.178. The van der Waals surface area contributed by atoms with Crippen molar-refractivity contribution in [2.24, 2.45) is 0 Å². The van der Waals surface area contributed by atoms with Crippen molar-refractivity contribution in [3.8, 4) is 0 Å². The molecule has 0 spiro atoms. The molecule has 0 bridgehead atoms. The Hall–Kier alpha value is -1.07. The average molecular weight is 328 g/mol. The van der Waals surface area contributed by atoms with Gasteiger partial charge in [0.15, 0.2) is 0 Å². The van der Waals surface area contributed by atoms with Crippen molar-refractivity contribution in [2.75, 3.05) is 32.8 Å². The van der Waals surface area contributed by atoms with Crippen LogP contribution in [0.5, 0.6) is 0 Å². The average Bonchev–Trinajstić information content (AvgIpc) is 2.42. The van der Waals surface area contributed by atoms with Gasteiger partial charge in [0.25, 0.3) is 0 Å². The number of carbonyl (C=O) groups excluding carboxylic acids is 1. The standard InChI is InChI=1S/C14H19BrN2O2/c1-2-19-14(18)17-9-7-16(8-10-17)11-12-5-3-4-6-13(12)15/h3-6H,2,7-11H2,1H3/p+1.